The van der Waals surface area contributed by atoms with Gasteiger partial charge in [-0.1, -0.05) is 12.1 Å². The molecule has 0 bridgehead atoms. The van der Waals surface area contributed by atoms with E-state index in [-0.39, 0.29) is 12.9 Å². The van der Waals surface area contributed by atoms with Crippen LogP contribution in [0.4, 0.5) is 0 Å². The molecule has 0 amide bonds. The van der Waals surface area contributed by atoms with E-state index in [1.807, 2.05) is 38.1 Å². The highest BCUT2D eigenvalue weighted by Crippen LogP contribution is 2.13. The Balaban J connectivity index is 2.41. The maximum atomic E-state index is 5.48. The highest BCUT2D eigenvalue weighted by molar-refractivity contribution is 5.26. The quantitative estimate of drug-likeness (QED) is 0.675. The molecule has 0 fully saturated rings. The van der Waals surface area contributed by atoms with Crippen molar-refractivity contribution in [1.82, 2.24) is 0 Å². The SMILES string of the molecule is COCOc1ccc(COC(C)C)cc1. The molecule has 0 aromatic heterocycles. The number of hydrogen-bond acceptors (Lipinski definition) is 3. The van der Waals surface area contributed by atoms with Crippen LogP contribution in [0.5, 0.6) is 5.75 Å². The van der Waals surface area contributed by atoms with Crippen molar-refractivity contribution >= 4 is 0 Å². The average molecular weight is 210 g/mol. The van der Waals surface area contributed by atoms with E-state index in [2.05, 4.69) is 0 Å². The van der Waals surface area contributed by atoms with E-state index < -0.39 is 0 Å². The Morgan fingerprint density at radius 3 is 2.33 bits per heavy atom. The third-order valence-corrected chi connectivity index (χ3v) is 1.85. The summed E-state index contributed by atoms with van der Waals surface area (Å²) < 4.78 is 15.6. The van der Waals surface area contributed by atoms with Crippen LogP contribution >= 0.6 is 0 Å². The number of hydrogen-bond donors (Lipinski definition) is 0. The predicted octanol–water partition coefficient (Wildman–Crippen LogP) is 2.59. The number of benzene rings is 1. The molecule has 1 aromatic carbocycles. The summed E-state index contributed by atoms with van der Waals surface area (Å²) in [5.74, 6) is 0.810. The van der Waals surface area contributed by atoms with Gasteiger partial charge in [0, 0.05) is 7.11 Å². The second-order valence-corrected chi connectivity index (χ2v) is 3.55. The molecule has 3 nitrogen and oxygen atoms in total. The van der Waals surface area contributed by atoms with E-state index >= 15 is 0 Å². The Morgan fingerprint density at radius 1 is 1.13 bits per heavy atom. The fourth-order valence-corrected chi connectivity index (χ4v) is 1.07. The summed E-state index contributed by atoms with van der Waals surface area (Å²) in [5, 5.41) is 0. The van der Waals surface area contributed by atoms with Gasteiger partial charge in [-0.15, -0.1) is 0 Å². The Bertz CT molecular complexity index is 267. The molecule has 0 aliphatic rings. The summed E-state index contributed by atoms with van der Waals surface area (Å²) in [6, 6.07) is 7.82. The topological polar surface area (TPSA) is 27.7 Å². The average Bonchev–Trinajstić information content (AvgIpc) is 2.25. The molecule has 84 valence electrons. The molecule has 3 heteroatoms. The van der Waals surface area contributed by atoms with Crippen molar-refractivity contribution in [1.29, 1.82) is 0 Å². The minimum Gasteiger partial charge on any atom is -0.468 e. The van der Waals surface area contributed by atoms with E-state index in [0.717, 1.165) is 11.3 Å². The van der Waals surface area contributed by atoms with Gasteiger partial charge < -0.3 is 14.2 Å². The molecular formula is C12H18O3. The fourth-order valence-electron chi connectivity index (χ4n) is 1.07. The van der Waals surface area contributed by atoms with Crippen LogP contribution in [0.25, 0.3) is 0 Å². The molecule has 0 saturated heterocycles. The minimum absolute atomic E-state index is 0.259. The van der Waals surface area contributed by atoms with Gasteiger partial charge in [-0.25, -0.2) is 0 Å². The molecule has 0 atom stereocenters. The predicted molar refractivity (Wildman–Crippen MR) is 58.9 cm³/mol. The van der Waals surface area contributed by atoms with Gasteiger partial charge >= 0.3 is 0 Å². The third-order valence-electron chi connectivity index (χ3n) is 1.85. The van der Waals surface area contributed by atoms with Crippen molar-refractivity contribution in [3.8, 4) is 5.75 Å². The van der Waals surface area contributed by atoms with Crippen molar-refractivity contribution in [2.75, 3.05) is 13.9 Å². The van der Waals surface area contributed by atoms with Crippen molar-refractivity contribution in [2.45, 2.75) is 26.6 Å². The Labute approximate surface area is 91.0 Å². The van der Waals surface area contributed by atoms with Crippen molar-refractivity contribution in [2.24, 2.45) is 0 Å². The Kier molecular flexibility index (Phi) is 5.15. The number of ether oxygens (including phenoxy) is 3. The van der Waals surface area contributed by atoms with Crippen LogP contribution in [0.15, 0.2) is 24.3 Å². The minimum atomic E-state index is 0.259. The zero-order valence-corrected chi connectivity index (χ0v) is 9.53. The molecule has 0 heterocycles. The van der Waals surface area contributed by atoms with Gasteiger partial charge in [-0.2, -0.15) is 0 Å². The maximum absolute atomic E-state index is 5.48. The van der Waals surface area contributed by atoms with Gasteiger partial charge in [0.2, 0.25) is 0 Å². The maximum Gasteiger partial charge on any atom is 0.188 e. The van der Waals surface area contributed by atoms with Crippen LogP contribution in [0.3, 0.4) is 0 Å². The zero-order valence-electron chi connectivity index (χ0n) is 9.53. The molecule has 0 saturated carbocycles. The van der Waals surface area contributed by atoms with Gasteiger partial charge in [0.15, 0.2) is 6.79 Å². The first-order valence-corrected chi connectivity index (χ1v) is 5.04. The van der Waals surface area contributed by atoms with E-state index in [0.29, 0.717) is 6.61 Å². The summed E-state index contributed by atoms with van der Waals surface area (Å²) in [6.07, 6.45) is 0.259. The van der Waals surface area contributed by atoms with Crippen LogP contribution in [-0.2, 0) is 16.1 Å². The highest BCUT2D eigenvalue weighted by atomic mass is 16.7. The van der Waals surface area contributed by atoms with Gasteiger partial charge in [0.05, 0.1) is 12.7 Å². The Hall–Kier alpha value is -1.06. The lowest BCUT2D eigenvalue weighted by molar-refractivity contribution is 0.0509. The highest BCUT2D eigenvalue weighted by Gasteiger charge is 1.97. The summed E-state index contributed by atoms with van der Waals surface area (Å²) in [4.78, 5) is 0. The van der Waals surface area contributed by atoms with Crippen molar-refractivity contribution in [3.63, 3.8) is 0 Å². The second kappa shape index (κ2) is 6.43. The second-order valence-electron chi connectivity index (χ2n) is 3.55. The van der Waals surface area contributed by atoms with E-state index in [4.69, 9.17) is 14.2 Å². The third kappa shape index (κ3) is 4.81. The molecule has 1 aromatic rings. The van der Waals surface area contributed by atoms with Gasteiger partial charge in [0.1, 0.15) is 5.75 Å². The molecule has 0 unspecified atom stereocenters. The summed E-state index contributed by atoms with van der Waals surface area (Å²) >= 11 is 0. The van der Waals surface area contributed by atoms with Gasteiger partial charge in [-0.05, 0) is 31.5 Å². The van der Waals surface area contributed by atoms with Crippen LogP contribution in [0.2, 0.25) is 0 Å². The Morgan fingerprint density at radius 2 is 1.80 bits per heavy atom. The molecule has 0 radical (unpaired) electrons. The first kappa shape index (κ1) is 12.0. The van der Waals surface area contributed by atoms with Crippen LogP contribution in [0, 0.1) is 0 Å². The molecule has 0 spiro atoms. The standard InChI is InChI=1S/C12H18O3/c1-10(2)14-8-11-4-6-12(7-5-11)15-9-13-3/h4-7,10H,8-9H2,1-3H3. The summed E-state index contributed by atoms with van der Waals surface area (Å²) in [7, 11) is 1.60. The molecule has 0 aliphatic carbocycles. The smallest absolute Gasteiger partial charge is 0.188 e. The molecule has 0 aliphatic heterocycles. The van der Waals surface area contributed by atoms with Crippen molar-refractivity contribution < 1.29 is 14.2 Å². The van der Waals surface area contributed by atoms with Gasteiger partial charge in [-0.3, -0.25) is 0 Å². The zero-order chi connectivity index (χ0) is 11.1. The monoisotopic (exact) mass is 210 g/mol. The van der Waals surface area contributed by atoms with E-state index in [9.17, 15) is 0 Å². The number of rotatable bonds is 6. The molecule has 15 heavy (non-hydrogen) atoms. The molecular weight excluding hydrogens is 192 g/mol. The van der Waals surface area contributed by atoms with Crippen LogP contribution in [-0.4, -0.2) is 20.0 Å². The summed E-state index contributed by atoms with van der Waals surface area (Å²) in [6.45, 7) is 4.97. The lowest BCUT2D eigenvalue weighted by atomic mass is 10.2. The van der Waals surface area contributed by atoms with Crippen molar-refractivity contribution in [3.05, 3.63) is 29.8 Å². The normalized spacial score (nSPS) is 10.7. The summed E-state index contributed by atoms with van der Waals surface area (Å²) in [5.41, 5.74) is 1.15. The van der Waals surface area contributed by atoms with Gasteiger partial charge in [0.25, 0.3) is 0 Å². The largest absolute Gasteiger partial charge is 0.468 e. The lowest BCUT2D eigenvalue weighted by Gasteiger charge is -2.08. The first-order chi connectivity index (χ1) is 7.22. The van der Waals surface area contributed by atoms with E-state index in [1.165, 1.54) is 0 Å². The molecule has 1 rings (SSSR count). The van der Waals surface area contributed by atoms with Crippen LogP contribution in [0.1, 0.15) is 19.4 Å². The van der Waals surface area contributed by atoms with Crippen LogP contribution < -0.4 is 4.74 Å². The first-order valence-electron chi connectivity index (χ1n) is 5.04. The fraction of sp³-hybridized carbons (Fsp3) is 0.500. The number of methoxy groups -OCH3 is 1. The lowest BCUT2D eigenvalue weighted by Crippen LogP contribution is -2.02. The molecule has 0 N–H and O–H groups in total. The van der Waals surface area contributed by atoms with E-state index in [1.54, 1.807) is 7.11 Å².